The van der Waals surface area contributed by atoms with Crippen LogP contribution >= 0.6 is 0 Å². The number of piperidine rings is 1. The number of aromatic amines is 1. The Labute approximate surface area is 131 Å². The van der Waals surface area contributed by atoms with Crippen LogP contribution in [0.25, 0.3) is 10.9 Å². The Morgan fingerprint density at radius 1 is 1.41 bits per heavy atom. The van der Waals surface area contributed by atoms with Crippen molar-refractivity contribution in [3.8, 4) is 5.75 Å². The maximum absolute atomic E-state index is 12.9. The number of ether oxygens (including phenoxy) is 1. The van der Waals surface area contributed by atoms with Crippen LogP contribution in [0.2, 0.25) is 0 Å². The smallest absolute Gasteiger partial charge is 0.198 e. The average molecular weight is 301 g/mol. The van der Waals surface area contributed by atoms with Gasteiger partial charge in [0.25, 0.3) is 0 Å². The SMILES string of the molecule is COc1ccc2[nH]c(C)c(C[NH+]3CCC[C@@H](C)C3)c(=O)c2c1. The summed E-state index contributed by atoms with van der Waals surface area (Å²) in [5.41, 5.74) is 2.95. The minimum Gasteiger partial charge on any atom is -0.497 e. The van der Waals surface area contributed by atoms with Crippen LogP contribution in [0.3, 0.4) is 0 Å². The number of hydrogen-bond acceptors (Lipinski definition) is 2. The fourth-order valence-electron chi connectivity index (χ4n) is 3.58. The molecule has 0 amide bonds. The normalized spacial score (nSPS) is 22.0. The number of aromatic nitrogens is 1. The lowest BCUT2D eigenvalue weighted by molar-refractivity contribution is -0.922. The highest BCUT2D eigenvalue weighted by Crippen LogP contribution is 2.18. The van der Waals surface area contributed by atoms with Gasteiger partial charge in [0.05, 0.1) is 25.8 Å². The van der Waals surface area contributed by atoms with Crippen LogP contribution in [-0.4, -0.2) is 25.2 Å². The van der Waals surface area contributed by atoms with Crippen LogP contribution < -0.4 is 15.1 Å². The van der Waals surface area contributed by atoms with Gasteiger partial charge in [-0.05, 0) is 38.0 Å². The second kappa shape index (κ2) is 6.13. The summed E-state index contributed by atoms with van der Waals surface area (Å²) in [6.07, 6.45) is 2.57. The lowest BCUT2D eigenvalue weighted by Gasteiger charge is -2.28. The fraction of sp³-hybridized carbons (Fsp3) is 0.500. The van der Waals surface area contributed by atoms with Crippen molar-refractivity contribution in [1.29, 1.82) is 0 Å². The summed E-state index contributed by atoms with van der Waals surface area (Å²) in [5.74, 6) is 1.48. The van der Waals surface area contributed by atoms with Gasteiger partial charge in [0.15, 0.2) is 5.43 Å². The van der Waals surface area contributed by atoms with Crippen LogP contribution in [0.5, 0.6) is 5.75 Å². The maximum Gasteiger partial charge on any atom is 0.198 e. The predicted octanol–water partition coefficient (Wildman–Crippen LogP) is 1.66. The third-order valence-corrected chi connectivity index (χ3v) is 4.81. The predicted molar refractivity (Wildman–Crippen MR) is 88.7 cm³/mol. The number of pyridine rings is 1. The Balaban J connectivity index is 1.99. The molecular formula is C18H25N2O2+. The second-order valence-electron chi connectivity index (χ2n) is 6.60. The van der Waals surface area contributed by atoms with Crippen molar-refractivity contribution in [2.75, 3.05) is 20.2 Å². The van der Waals surface area contributed by atoms with Crippen molar-refractivity contribution in [3.05, 3.63) is 39.7 Å². The number of quaternary nitrogens is 1. The number of benzene rings is 1. The largest absolute Gasteiger partial charge is 0.497 e. The van der Waals surface area contributed by atoms with Gasteiger partial charge in [-0.2, -0.15) is 0 Å². The van der Waals surface area contributed by atoms with Gasteiger partial charge in [-0.1, -0.05) is 6.92 Å². The van der Waals surface area contributed by atoms with E-state index in [1.54, 1.807) is 7.11 Å². The molecule has 0 spiro atoms. The van der Waals surface area contributed by atoms with Crippen LogP contribution in [0.1, 0.15) is 31.0 Å². The van der Waals surface area contributed by atoms with E-state index in [2.05, 4.69) is 11.9 Å². The van der Waals surface area contributed by atoms with E-state index in [1.807, 2.05) is 25.1 Å². The van der Waals surface area contributed by atoms with Gasteiger partial charge in [0, 0.05) is 22.5 Å². The zero-order valence-electron chi connectivity index (χ0n) is 13.7. The molecule has 118 valence electrons. The molecule has 1 aliphatic rings. The molecule has 1 fully saturated rings. The van der Waals surface area contributed by atoms with E-state index in [-0.39, 0.29) is 5.43 Å². The number of likely N-dealkylation sites (tertiary alicyclic amines) is 1. The molecule has 2 aromatic rings. The van der Waals surface area contributed by atoms with Gasteiger partial charge >= 0.3 is 0 Å². The topological polar surface area (TPSA) is 46.5 Å². The highest BCUT2D eigenvalue weighted by molar-refractivity contribution is 5.81. The Bertz CT molecular complexity index is 736. The van der Waals surface area contributed by atoms with E-state index in [0.29, 0.717) is 0 Å². The first kappa shape index (κ1) is 15.1. The molecule has 4 nitrogen and oxygen atoms in total. The van der Waals surface area contributed by atoms with E-state index in [9.17, 15) is 4.79 Å². The van der Waals surface area contributed by atoms with Gasteiger partial charge in [0.1, 0.15) is 12.3 Å². The first-order chi connectivity index (χ1) is 10.6. The molecule has 1 aliphatic heterocycles. The lowest BCUT2D eigenvalue weighted by Crippen LogP contribution is -3.12. The van der Waals surface area contributed by atoms with Gasteiger partial charge < -0.3 is 14.6 Å². The highest BCUT2D eigenvalue weighted by atomic mass is 16.5. The van der Waals surface area contributed by atoms with Crippen molar-refractivity contribution in [1.82, 2.24) is 4.98 Å². The van der Waals surface area contributed by atoms with Crippen molar-refractivity contribution in [2.45, 2.75) is 33.2 Å². The number of aryl methyl sites for hydroxylation is 1. The first-order valence-corrected chi connectivity index (χ1v) is 8.11. The molecule has 0 aliphatic carbocycles. The van der Waals surface area contributed by atoms with Crippen molar-refractivity contribution >= 4 is 10.9 Å². The van der Waals surface area contributed by atoms with Crippen molar-refractivity contribution in [2.24, 2.45) is 5.92 Å². The Hall–Kier alpha value is -1.81. The minimum atomic E-state index is 0.149. The average Bonchev–Trinajstić information content (AvgIpc) is 2.51. The molecular weight excluding hydrogens is 276 g/mol. The van der Waals surface area contributed by atoms with Gasteiger partial charge in [-0.25, -0.2) is 0 Å². The summed E-state index contributed by atoms with van der Waals surface area (Å²) in [6.45, 7) is 7.46. The molecule has 1 saturated heterocycles. The Morgan fingerprint density at radius 2 is 2.23 bits per heavy atom. The molecule has 1 aromatic heterocycles. The molecule has 1 aromatic carbocycles. The summed E-state index contributed by atoms with van der Waals surface area (Å²) in [6, 6.07) is 5.64. The van der Waals surface area contributed by atoms with Crippen molar-refractivity contribution < 1.29 is 9.64 Å². The zero-order chi connectivity index (χ0) is 15.7. The molecule has 22 heavy (non-hydrogen) atoms. The van der Waals surface area contributed by atoms with Crippen molar-refractivity contribution in [3.63, 3.8) is 0 Å². The summed E-state index contributed by atoms with van der Waals surface area (Å²) < 4.78 is 5.25. The summed E-state index contributed by atoms with van der Waals surface area (Å²) in [5, 5.41) is 0.726. The third-order valence-electron chi connectivity index (χ3n) is 4.81. The first-order valence-electron chi connectivity index (χ1n) is 8.11. The van der Waals surface area contributed by atoms with E-state index in [1.165, 1.54) is 24.3 Å². The number of methoxy groups -OCH3 is 1. The standard InChI is InChI=1S/C18H24N2O2/c1-12-5-4-8-20(10-12)11-16-13(2)19-17-7-6-14(22-3)9-15(17)18(16)21/h6-7,9,12H,4-5,8,10-11H2,1-3H3,(H,19,21)/p+1/t12-/m1/s1. The molecule has 0 radical (unpaired) electrons. The maximum atomic E-state index is 12.9. The Kier molecular flexibility index (Phi) is 4.21. The molecule has 2 atom stereocenters. The molecule has 1 unspecified atom stereocenters. The molecule has 2 heterocycles. The molecule has 0 bridgehead atoms. The fourth-order valence-corrected chi connectivity index (χ4v) is 3.58. The number of rotatable bonds is 3. The second-order valence-corrected chi connectivity index (χ2v) is 6.60. The molecule has 0 saturated carbocycles. The quantitative estimate of drug-likeness (QED) is 0.906. The van der Waals surface area contributed by atoms with Crippen LogP contribution in [0.15, 0.2) is 23.0 Å². The summed E-state index contributed by atoms with van der Waals surface area (Å²) >= 11 is 0. The van der Waals surface area contributed by atoms with Crippen LogP contribution in [0.4, 0.5) is 0 Å². The van der Waals surface area contributed by atoms with E-state index in [0.717, 1.165) is 46.9 Å². The van der Waals surface area contributed by atoms with Gasteiger partial charge in [0.2, 0.25) is 0 Å². The van der Waals surface area contributed by atoms with Gasteiger partial charge in [-0.3, -0.25) is 4.79 Å². The monoisotopic (exact) mass is 301 g/mol. The molecule has 4 heteroatoms. The van der Waals surface area contributed by atoms with E-state index < -0.39 is 0 Å². The van der Waals surface area contributed by atoms with E-state index >= 15 is 0 Å². The Morgan fingerprint density at radius 3 is 2.95 bits per heavy atom. The number of hydrogen-bond donors (Lipinski definition) is 2. The van der Waals surface area contributed by atoms with E-state index in [4.69, 9.17) is 4.74 Å². The number of H-pyrrole nitrogens is 1. The zero-order valence-corrected chi connectivity index (χ0v) is 13.7. The lowest BCUT2D eigenvalue weighted by atomic mass is 9.99. The molecule has 2 N–H and O–H groups in total. The molecule has 3 rings (SSSR count). The third kappa shape index (κ3) is 2.88. The minimum absolute atomic E-state index is 0.149. The van der Waals surface area contributed by atoms with Crippen LogP contribution in [0, 0.1) is 12.8 Å². The highest BCUT2D eigenvalue weighted by Gasteiger charge is 2.22. The van der Waals surface area contributed by atoms with Gasteiger partial charge in [-0.15, -0.1) is 0 Å². The number of fused-ring (bicyclic) bond motifs is 1. The number of nitrogens with one attached hydrogen (secondary N) is 2. The van der Waals surface area contributed by atoms with Crippen LogP contribution in [-0.2, 0) is 6.54 Å². The summed E-state index contributed by atoms with van der Waals surface area (Å²) in [4.78, 5) is 17.8. The summed E-state index contributed by atoms with van der Waals surface area (Å²) in [7, 11) is 1.63.